The van der Waals surface area contributed by atoms with Crippen molar-refractivity contribution in [1.29, 1.82) is 0 Å². The molecule has 3 aromatic rings. The molecule has 3 nitrogen and oxygen atoms in total. The minimum Gasteiger partial charge on any atom is -0.364 e. The topological polar surface area (TPSA) is 29.3 Å². The molecule has 0 amide bonds. The van der Waals surface area contributed by atoms with Gasteiger partial charge in [-0.25, -0.2) is 4.98 Å². The van der Waals surface area contributed by atoms with Crippen LogP contribution in [-0.2, 0) is 0 Å². The van der Waals surface area contributed by atoms with Gasteiger partial charge in [0.25, 0.3) is 0 Å². The number of nitrogens with zero attached hydrogens (tertiary/aromatic N) is 2. The van der Waals surface area contributed by atoms with Crippen LogP contribution in [0.4, 0.5) is 5.82 Å². The van der Waals surface area contributed by atoms with Crippen LogP contribution in [0.15, 0.2) is 48.7 Å². The Bertz CT molecular complexity index is 986. The molecular formula is C23H24ClN3. The van der Waals surface area contributed by atoms with Crippen molar-refractivity contribution in [2.24, 2.45) is 17.8 Å². The summed E-state index contributed by atoms with van der Waals surface area (Å²) in [6, 6.07) is 14.3. The standard InChI is InChI=1S/C23H24ClN3/c24-19-6-2-1-5-18(19)21-22(27-8-4-3-7-20(27)25-21)26-23-12-15-9-16(13-23)11-17(10-15)14-23/h1-8,15-17,26H,9-14H2. The van der Waals surface area contributed by atoms with E-state index in [2.05, 4.69) is 34.1 Å². The fourth-order valence-corrected chi connectivity index (χ4v) is 6.70. The molecule has 0 aliphatic heterocycles. The van der Waals surface area contributed by atoms with E-state index in [1.807, 2.05) is 24.3 Å². The molecule has 0 radical (unpaired) electrons. The van der Waals surface area contributed by atoms with Crippen molar-refractivity contribution in [3.63, 3.8) is 0 Å². The molecule has 1 aromatic carbocycles. The predicted octanol–water partition coefficient (Wildman–Crippen LogP) is 6.04. The summed E-state index contributed by atoms with van der Waals surface area (Å²) < 4.78 is 2.21. The van der Waals surface area contributed by atoms with Crippen molar-refractivity contribution >= 4 is 23.1 Å². The second-order valence-electron chi connectivity index (χ2n) is 9.04. The van der Waals surface area contributed by atoms with Crippen LogP contribution in [-0.4, -0.2) is 14.9 Å². The average Bonchev–Trinajstić information content (AvgIpc) is 2.99. The zero-order valence-electron chi connectivity index (χ0n) is 15.4. The molecule has 138 valence electrons. The van der Waals surface area contributed by atoms with Gasteiger partial charge in [-0.15, -0.1) is 0 Å². The molecule has 4 aliphatic carbocycles. The fourth-order valence-electron chi connectivity index (χ4n) is 6.47. The molecule has 2 heterocycles. The normalized spacial score (nSPS) is 31.5. The largest absolute Gasteiger partial charge is 0.364 e. The van der Waals surface area contributed by atoms with Gasteiger partial charge in [-0.2, -0.15) is 0 Å². The Morgan fingerprint density at radius 2 is 1.59 bits per heavy atom. The molecule has 4 saturated carbocycles. The molecular weight excluding hydrogens is 354 g/mol. The maximum Gasteiger partial charge on any atom is 0.139 e. The number of benzene rings is 1. The van der Waals surface area contributed by atoms with Gasteiger partial charge in [-0.05, 0) is 74.5 Å². The number of aromatic nitrogens is 2. The summed E-state index contributed by atoms with van der Waals surface area (Å²) in [6.07, 6.45) is 10.4. The molecule has 4 aliphatic rings. The Balaban J connectivity index is 1.49. The maximum absolute atomic E-state index is 6.56. The molecule has 4 heteroatoms. The molecule has 4 bridgehead atoms. The maximum atomic E-state index is 6.56. The second kappa shape index (κ2) is 5.75. The molecule has 0 spiro atoms. The SMILES string of the molecule is Clc1ccccc1-c1nc2ccccn2c1NC12CC3CC(CC(C3)C1)C2. The van der Waals surface area contributed by atoms with Crippen LogP contribution in [0.5, 0.6) is 0 Å². The molecule has 0 unspecified atom stereocenters. The van der Waals surface area contributed by atoms with Gasteiger partial charge in [0, 0.05) is 17.3 Å². The van der Waals surface area contributed by atoms with Crippen molar-refractivity contribution < 1.29 is 0 Å². The third kappa shape index (κ3) is 2.51. The lowest BCUT2D eigenvalue weighted by Crippen LogP contribution is -2.55. The highest BCUT2D eigenvalue weighted by Crippen LogP contribution is 2.57. The van der Waals surface area contributed by atoms with Crippen LogP contribution >= 0.6 is 11.6 Å². The third-order valence-corrected chi connectivity index (χ3v) is 7.41. The summed E-state index contributed by atoms with van der Waals surface area (Å²) in [5.74, 6) is 3.84. The van der Waals surface area contributed by atoms with Gasteiger partial charge in [0.2, 0.25) is 0 Å². The van der Waals surface area contributed by atoms with E-state index < -0.39 is 0 Å². The Morgan fingerprint density at radius 3 is 2.30 bits per heavy atom. The highest BCUT2D eigenvalue weighted by molar-refractivity contribution is 6.33. The van der Waals surface area contributed by atoms with E-state index in [1.54, 1.807) is 0 Å². The Labute approximate surface area is 164 Å². The lowest BCUT2D eigenvalue weighted by atomic mass is 9.53. The first kappa shape index (κ1) is 16.0. The molecule has 2 aromatic heterocycles. The Hall–Kier alpha value is -2.00. The number of pyridine rings is 1. The zero-order valence-corrected chi connectivity index (χ0v) is 16.1. The lowest BCUT2D eigenvalue weighted by Gasteiger charge is -2.57. The summed E-state index contributed by atoms with van der Waals surface area (Å²) in [7, 11) is 0. The van der Waals surface area contributed by atoms with Gasteiger partial charge in [-0.1, -0.05) is 35.9 Å². The highest BCUT2D eigenvalue weighted by Gasteiger charge is 2.51. The first-order valence-electron chi connectivity index (χ1n) is 10.2. The molecule has 0 atom stereocenters. The van der Waals surface area contributed by atoms with Crippen molar-refractivity contribution in [3.05, 3.63) is 53.7 Å². The minimum absolute atomic E-state index is 0.233. The molecule has 4 fully saturated rings. The van der Waals surface area contributed by atoms with Gasteiger partial charge in [-0.3, -0.25) is 4.40 Å². The van der Waals surface area contributed by atoms with Crippen LogP contribution in [0.25, 0.3) is 16.9 Å². The van der Waals surface area contributed by atoms with Crippen LogP contribution in [0, 0.1) is 17.8 Å². The monoisotopic (exact) mass is 377 g/mol. The van der Waals surface area contributed by atoms with Gasteiger partial charge in [0.1, 0.15) is 17.2 Å². The number of fused-ring (bicyclic) bond motifs is 1. The average molecular weight is 378 g/mol. The Kier molecular flexibility index (Phi) is 3.41. The molecule has 0 saturated heterocycles. The molecule has 1 N–H and O–H groups in total. The zero-order chi connectivity index (χ0) is 18.0. The van der Waals surface area contributed by atoms with E-state index in [0.29, 0.717) is 0 Å². The first-order chi connectivity index (χ1) is 13.2. The van der Waals surface area contributed by atoms with Gasteiger partial charge >= 0.3 is 0 Å². The number of hydrogen-bond acceptors (Lipinski definition) is 2. The number of imidazole rings is 1. The summed E-state index contributed by atoms with van der Waals surface area (Å²) >= 11 is 6.56. The van der Waals surface area contributed by atoms with E-state index in [1.165, 1.54) is 38.5 Å². The molecule has 27 heavy (non-hydrogen) atoms. The summed E-state index contributed by atoms with van der Waals surface area (Å²) in [4.78, 5) is 4.96. The van der Waals surface area contributed by atoms with Gasteiger partial charge in [0.15, 0.2) is 0 Å². The lowest BCUT2D eigenvalue weighted by molar-refractivity contribution is 0.0105. The molecule has 7 rings (SSSR count). The second-order valence-corrected chi connectivity index (χ2v) is 9.45. The minimum atomic E-state index is 0.233. The number of anilines is 1. The number of halogens is 1. The quantitative estimate of drug-likeness (QED) is 0.603. The van der Waals surface area contributed by atoms with Crippen molar-refractivity contribution in [1.82, 2.24) is 9.38 Å². The van der Waals surface area contributed by atoms with Crippen LogP contribution < -0.4 is 5.32 Å². The third-order valence-electron chi connectivity index (χ3n) is 7.08. The smallest absolute Gasteiger partial charge is 0.139 e. The number of nitrogens with one attached hydrogen (secondary N) is 1. The van der Waals surface area contributed by atoms with E-state index in [0.717, 1.165) is 45.5 Å². The highest BCUT2D eigenvalue weighted by atomic mass is 35.5. The van der Waals surface area contributed by atoms with E-state index in [4.69, 9.17) is 16.6 Å². The van der Waals surface area contributed by atoms with Gasteiger partial charge in [0.05, 0.1) is 5.02 Å². The van der Waals surface area contributed by atoms with Crippen molar-refractivity contribution in [2.45, 2.75) is 44.1 Å². The predicted molar refractivity (Wildman–Crippen MR) is 110 cm³/mol. The van der Waals surface area contributed by atoms with E-state index in [9.17, 15) is 0 Å². The van der Waals surface area contributed by atoms with E-state index >= 15 is 0 Å². The van der Waals surface area contributed by atoms with Crippen LogP contribution in [0.1, 0.15) is 38.5 Å². The summed E-state index contributed by atoms with van der Waals surface area (Å²) in [5, 5.41) is 4.80. The van der Waals surface area contributed by atoms with E-state index in [-0.39, 0.29) is 5.54 Å². The van der Waals surface area contributed by atoms with Crippen LogP contribution in [0.3, 0.4) is 0 Å². The number of hydrogen-bond donors (Lipinski definition) is 1. The van der Waals surface area contributed by atoms with Crippen molar-refractivity contribution in [2.75, 3.05) is 5.32 Å². The first-order valence-corrected chi connectivity index (χ1v) is 10.6. The summed E-state index contributed by atoms with van der Waals surface area (Å²) in [6.45, 7) is 0. The van der Waals surface area contributed by atoms with Gasteiger partial charge < -0.3 is 5.32 Å². The Morgan fingerprint density at radius 1 is 0.926 bits per heavy atom. The van der Waals surface area contributed by atoms with Crippen molar-refractivity contribution in [3.8, 4) is 11.3 Å². The number of rotatable bonds is 3. The fraction of sp³-hybridized carbons (Fsp3) is 0.435. The van der Waals surface area contributed by atoms with Crippen LogP contribution in [0.2, 0.25) is 5.02 Å². The summed E-state index contributed by atoms with van der Waals surface area (Å²) in [5.41, 5.74) is 3.19.